The van der Waals surface area contributed by atoms with Crippen molar-refractivity contribution in [2.75, 3.05) is 30.1 Å². The van der Waals surface area contributed by atoms with Gasteiger partial charge in [0.1, 0.15) is 0 Å². The summed E-state index contributed by atoms with van der Waals surface area (Å²) in [7, 11) is -9.70. The van der Waals surface area contributed by atoms with Crippen molar-refractivity contribution in [3.05, 3.63) is 25.3 Å². The summed E-state index contributed by atoms with van der Waals surface area (Å²) in [6, 6.07) is 0. The number of sulfone groups is 2. The molecule has 0 spiro atoms. The average molecular weight is 375 g/mol. The Morgan fingerprint density at radius 1 is 1.05 bits per heavy atom. The van der Waals surface area contributed by atoms with E-state index < -0.39 is 51.6 Å². The van der Waals surface area contributed by atoms with E-state index in [1.165, 1.54) is 12.2 Å². The maximum absolute atomic E-state index is 11.8. The monoisotopic (exact) mass is 375 g/mol. The SMILES string of the molecule is C=CCS(=O)(=O)CC1O[P+](O)(OC)OC1CS(=O)(=O)CC=C. The Hall–Kier alpha value is -0.350. The Labute approximate surface area is 131 Å². The van der Waals surface area contributed by atoms with Gasteiger partial charge in [0.15, 0.2) is 31.9 Å². The minimum atomic E-state index is -3.70. The van der Waals surface area contributed by atoms with Crippen LogP contribution in [0.15, 0.2) is 25.3 Å². The van der Waals surface area contributed by atoms with E-state index >= 15 is 0 Å². The van der Waals surface area contributed by atoms with E-state index in [0.29, 0.717) is 0 Å². The molecule has 22 heavy (non-hydrogen) atoms. The number of hydrogen-bond acceptors (Lipinski definition) is 8. The quantitative estimate of drug-likeness (QED) is 0.451. The lowest BCUT2D eigenvalue weighted by Crippen LogP contribution is -2.36. The van der Waals surface area contributed by atoms with Gasteiger partial charge in [0.2, 0.25) is 0 Å². The van der Waals surface area contributed by atoms with E-state index in [0.717, 1.165) is 7.11 Å². The van der Waals surface area contributed by atoms with E-state index in [1.807, 2.05) is 0 Å². The molecule has 1 saturated heterocycles. The van der Waals surface area contributed by atoms with Gasteiger partial charge in [-0.15, -0.1) is 22.2 Å². The molecule has 0 bridgehead atoms. The highest BCUT2D eigenvalue weighted by Crippen LogP contribution is 2.64. The lowest BCUT2D eigenvalue weighted by atomic mass is 10.3. The smallest absolute Gasteiger partial charge is 0.228 e. The van der Waals surface area contributed by atoms with Gasteiger partial charge in [0.05, 0.1) is 30.1 Å². The van der Waals surface area contributed by atoms with Crippen LogP contribution in [0.4, 0.5) is 0 Å². The van der Waals surface area contributed by atoms with Crippen LogP contribution in [0, 0.1) is 0 Å². The molecular formula is C11H20O8PS2+. The maximum Gasteiger partial charge on any atom is 0.573 e. The first-order valence-electron chi connectivity index (χ1n) is 6.23. The second-order valence-electron chi connectivity index (χ2n) is 4.67. The zero-order valence-corrected chi connectivity index (χ0v) is 14.6. The first-order valence-corrected chi connectivity index (χ1v) is 11.4. The van der Waals surface area contributed by atoms with Crippen LogP contribution < -0.4 is 0 Å². The van der Waals surface area contributed by atoms with Crippen molar-refractivity contribution >= 4 is 27.8 Å². The second-order valence-corrected chi connectivity index (χ2v) is 10.7. The molecule has 0 radical (unpaired) electrons. The zero-order chi connectivity index (χ0) is 17.0. The lowest BCUT2D eigenvalue weighted by Gasteiger charge is -2.11. The number of rotatable bonds is 9. The predicted molar refractivity (Wildman–Crippen MR) is 83.6 cm³/mol. The minimum Gasteiger partial charge on any atom is -0.228 e. The summed E-state index contributed by atoms with van der Waals surface area (Å²) in [5.41, 5.74) is 0. The Bertz CT molecular complexity index is 562. The molecule has 1 aliphatic heterocycles. The molecule has 128 valence electrons. The van der Waals surface area contributed by atoms with Crippen molar-refractivity contribution in [3.63, 3.8) is 0 Å². The molecule has 2 atom stereocenters. The van der Waals surface area contributed by atoms with Gasteiger partial charge < -0.3 is 0 Å². The van der Waals surface area contributed by atoms with Gasteiger partial charge in [-0.05, 0) is 0 Å². The number of hydrogen-bond donors (Lipinski definition) is 1. The van der Waals surface area contributed by atoms with Crippen LogP contribution in [-0.4, -0.2) is 64.1 Å². The molecule has 0 aromatic carbocycles. The van der Waals surface area contributed by atoms with Crippen molar-refractivity contribution in [2.24, 2.45) is 0 Å². The largest absolute Gasteiger partial charge is 0.573 e. The van der Waals surface area contributed by atoms with E-state index in [9.17, 15) is 21.7 Å². The zero-order valence-electron chi connectivity index (χ0n) is 12.1. The van der Waals surface area contributed by atoms with Crippen LogP contribution in [-0.2, 0) is 33.2 Å². The molecule has 2 unspecified atom stereocenters. The Morgan fingerprint density at radius 3 is 1.68 bits per heavy atom. The third-order valence-corrected chi connectivity index (χ3v) is 7.46. The fraction of sp³-hybridized carbons (Fsp3) is 0.636. The fourth-order valence-corrected chi connectivity index (χ4v) is 5.95. The maximum atomic E-state index is 11.8. The van der Waals surface area contributed by atoms with Crippen LogP contribution in [0.3, 0.4) is 0 Å². The second kappa shape index (κ2) is 7.48. The van der Waals surface area contributed by atoms with E-state index in [1.54, 1.807) is 0 Å². The van der Waals surface area contributed by atoms with Gasteiger partial charge in [-0.25, -0.2) is 16.8 Å². The Kier molecular flexibility index (Phi) is 6.70. The molecule has 1 N–H and O–H groups in total. The summed E-state index contributed by atoms with van der Waals surface area (Å²) >= 11 is 0. The van der Waals surface area contributed by atoms with Gasteiger partial charge in [-0.2, -0.15) is 9.42 Å². The van der Waals surface area contributed by atoms with Crippen molar-refractivity contribution in [2.45, 2.75) is 12.2 Å². The normalized spacial score (nSPS) is 29.4. The van der Waals surface area contributed by atoms with Crippen LogP contribution in [0.5, 0.6) is 0 Å². The summed E-state index contributed by atoms with van der Waals surface area (Å²) in [6.07, 6.45) is 0.157. The van der Waals surface area contributed by atoms with E-state index in [2.05, 4.69) is 13.2 Å². The molecule has 0 saturated carbocycles. The van der Waals surface area contributed by atoms with Crippen molar-refractivity contribution < 1.29 is 35.3 Å². The van der Waals surface area contributed by atoms with E-state index in [4.69, 9.17) is 13.6 Å². The molecule has 0 aliphatic carbocycles. The summed E-state index contributed by atoms with van der Waals surface area (Å²) in [4.78, 5) is 9.91. The van der Waals surface area contributed by atoms with Crippen molar-refractivity contribution in [1.29, 1.82) is 0 Å². The van der Waals surface area contributed by atoms with Crippen LogP contribution >= 0.6 is 8.17 Å². The molecule has 11 heteroatoms. The topological polar surface area (TPSA) is 116 Å². The molecule has 1 rings (SSSR count). The first kappa shape index (κ1) is 19.7. The lowest BCUT2D eigenvalue weighted by molar-refractivity contribution is 0.170. The minimum absolute atomic E-state index is 0.289. The van der Waals surface area contributed by atoms with E-state index in [-0.39, 0.29) is 11.5 Å². The third kappa shape index (κ3) is 5.69. The van der Waals surface area contributed by atoms with Gasteiger partial charge in [0.25, 0.3) is 0 Å². The Balaban J connectivity index is 2.95. The standard InChI is InChI=1S/C11H20O8PS2/c1-4-6-21(13,14)8-10-11(9-22(15,16)7-5-2)19-20(12,17-3)18-10/h4-5,10-12H,1-2,6-9H2,3H3/q+1. The van der Waals surface area contributed by atoms with Crippen LogP contribution in [0.25, 0.3) is 0 Å². The fourth-order valence-electron chi connectivity index (χ4n) is 1.86. The molecule has 0 amide bonds. The van der Waals surface area contributed by atoms with Gasteiger partial charge >= 0.3 is 8.17 Å². The Morgan fingerprint density at radius 2 is 1.41 bits per heavy atom. The summed E-state index contributed by atoms with van der Waals surface area (Å²) in [5.74, 6) is -1.58. The summed E-state index contributed by atoms with van der Waals surface area (Å²) in [6.45, 7) is 6.69. The molecule has 1 heterocycles. The highest BCUT2D eigenvalue weighted by molar-refractivity contribution is 7.92. The van der Waals surface area contributed by atoms with Crippen molar-refractivity contribution in [3.8, 4) is 0 Å². The molecular weight excluding hydrogens is 355 g/mol. The molecule has 1 fully saturated rings. The predicted octanol–water partition coefficient (Wildman–Crippen LogP) is 0.288. The molecule has 0 aromatic rings. The average Bonchev–Trinajstić information content (AvgIpc) is 2.64. The molecule has 0 aromatic heterocycles. The van der Waals surface area contributed by atoms with Gasteiger partial charge in [-0.1, -0.05) is 12.2 Å². The molecule has 1 aliphatic rings. The first-order chi connectivity index (χ1) is 10.1. The molecule has 8 nitrogen and oxygen atoms in total. The van der Waals surface area contributed by atoms with Gasteiger partial charge in [-0.3, -0.25) is 0 Å². The van der Waals surface area contributed by atoms with Crippen LogP contribution in [0.1, 0.15) is 0 Å². The highest BCUT2D eigenvalue weighted by Gasteiger charge is 2.60. The van der Waals surface area contributed by atoms with Crippen LogP contribution in [0.2, 0.25) is 0 Å². The van der Waals surface area contributed by atoms with Crippen molar-refractivity contribution in [1.82, 2.24) is 0 Å². The third-order valence-electron chi connectivity index (χ3n) is 2.76. The summed E-state index contributed by atoms with van der Waals surface area (Å²) < 4.78 is 62.3. The van der Waals surface area contributed by atoms with Gasteiger partial charge in [0, 0.05) is 0 Å². The summed E-state index contributed by atoms with van der Waals surface area (Å²) in [5, 5.41) is 0. The highest BCUT2D eigenvalue weighted by atomic mass is 32.2.